The normalized spacial score (nSPS) is 27.7. The van der Waals surface area contributed by atoms with E-state index in [0.29, 0.717) is 18.9 Å². The van der Waals surface area contributed by atoms with Gasteiger partial charge in [-0.1, -0.05) is 56.0 Å². The molecule has 0 N–H and O–H groups in total. The Morgan fingerprint density at radius 1 is 1.03 bits per heavy atom. The quantitative estimate of drug-likeness (QED) is 0.323. The molecule has 0 spiro atoms. The molecule has 0 amide bonds. The van der Waals surface area contributed by atoms with Crippen LogP contribution in [0.5, 0.6) is 0 Å². The summed E-state index contributed by atoms with van der Waals surface area (Å²) < 4.78 is 7.20. The predicted octanol–water partition coefficient (Wildman–Crippen LogP) is 4.95. The van der Waals surface area contributed by atoms with E-state index in [9.17, 15) is 9.59 Å². The molecule has 2 bridgehead atoms. The molecule has 3 saturated heterocycles. The van der Waals surface area contributed by atoms with Crippen molar-refractivity contribution in [3.8, 4) is 0 Å². The average molecular weight is 476 g/mol. The number of benzene rings is 1. The minimum atomic E-state index is -0.527. The van der Waals surface area contributed by atoms with Crippen molar-refractivity contribution in [1.82, 2.24) is 4.98 Å². The third kappa shape index (κ3) is 5.20. The second-order valence-corrected chi connectivity index (χ2v) is 11.3. The Hall–Kier alpha value is -2.53. The predicted molar refractivity (Wildman–Crippen MR) is 136 cm³/mol. The van der Waals surface area contributed by atoms with Gasteiger partial charge >= 0.3 is 5.97 Å². The maximum absolute atomic E-state index is 13.9. The Kier molecular flexibility index (Phi) is 7.06. The number of carbonyl (C=O) groups excluding carboxylic acids is 2. The lowest BCUT2D eigenvalue weighted by atomic mass is 9.74. The van der Waals surface area contributed by atoms with Crippen molar-refractivity contribution >= 4 is 11.8 Å². The van der Waals surface area contributed by atoms with Gasteiger partial charge in [0.2, 0.25) is 0 Å². The van der Waals surface area contributed by atoms with Crippen LogP contribution >= 0.6 is 0 Å². The van der Waals surface area contributed by atoms with Gasteiger partial charge < -0.3 is 9.22 Å². The molecule has 0 radical (unpaired) electrons. The molecular weight excluding hydrogens is 436 g/mol. The van der Waals surface area contributed by atoms with Gasteiger partial charge in [-0.05, 0) is 43.0 Å². The minimum absolute atomic E-state index is 0.0298. The number of hydrogen-bond acceptors (Lipinski definition) is 4. The molecule has 3 aliphatic heterocycles. The molecule has 186 valence electrons. The van der Waals surface area contributed by atoms with E-state index in [1.165, 1.54) is 12.8 Å². The van der Waals surface area contributed by atoms with Gasteiger partial charge in [-0.2, -0.15) is 0 Å². The van der Waals surface area contributed by atoms with E-state index in [1.54, 1.807) is 6.20 Å². The number of pyridine rings is 1. The molecule has 35 heavy (non-hydrogen) atoms. The van der Waals surface area contributed by atoms with Crippen LogP contribution in [0.15, 0.2) is 48.7 Å². The second-order valence-electron chi connectivity index (χ2n) is 11.3. The molecule has 4 heterocycles. The average Bonchev–Trinajstić information content (AvgIpc) is 3.12. The van der Waals surface area contributed by atoms with E-state index >= 15 is 0 Å². The summed E-state index contributed by atoms with van der Waals surface area (Å²) >= 11 is 0. The zero-order valence-corrected chi connectivity index (χ0v) is 21.1. The summed E-state index contributed by atoms with van der Waals surface area (Å²) in [5.74, 6) is 0.627. The number of aryl methyl sites for hydroxylation is 1. The first-order valence-electron chi connectivity index (χ1n) is 13.5. The van der Waals surface area contributed by atoms with Gasteiger partial charge in [-0.3, -0.25) is 14.6 Å². The standard InChI is InChI=1S/C30H39N2O3/c1-23-11-16-31-26(19-23)20-27(33)21-32-17-12-24(13-18-32)28(22-32)35-29(34)30(14-7-2-3-8-15-30)25-9-5-4-6-10-25/h4-6,9-11,16,19,24,28H,2-3,7-8,12-15,17-18,20-22H2,1H3/q+1/t24?,28-,32?/m0/s1. The molecule has 0 unspecified atom stereocenters. The summed E-state index contributed by atoms with van der Waals surface area (Å²) in [5, 5.41) is 0. The highest BCUT2D eigenvalue weighted by Gasteiger charge is 2.50. The van der Waals surface area contributed by atoms with Crippen LogP contribution < -0.4 is 0 Å². The fraction of sp³-hybridized carbons (Fsp3) is 0.567. The van der Waals surface area contributed by atoms with Gasteiger partial charge in [0.25, 0.3) is 0 Å². The Morgan fingerprint density at radius 2 is 1.74 bits per heavy atom. The fourth-order valence-corrected chi connectivity index (χ4v) is 6.85. The Bertz CT molecular complexity index is 1030. The van der Waals surface area contributed by atoms with E-state index in [-0.39, 0.29) is 17.9 Å². The van der Waals surface area contributed by atoms with Crippen LogP contribution in [0.3, 0.4) is 0 Å². The molecule has 1 aromatic heterocycles. The lowest BCUT2D eigenvalue weighted by Crippen LogP contribution is -2.66. The van der Waals surface area contributed by atoms with Crippen LogP contribution in [0.1, 0.15) is 68.2 Å². The summed E-state index contributed by atoms with van der Waals surface area (Å²) in [6, 6.07) is 14.3. The summed E-state index contributed by atoms with van der Waals surface area (Å²) in [6.45, 7) is 5.34. The van der Waals surface area contributed by atoms with Gasteiger partial charge in [0.05, 0.1) is 24.9 Å². The number of quaternary nitrogens is 1. The lowest BCUT2D eigenvalue weighted by molar-refractivity contribution is -0.939. The molecule has 5 nitrogen and oxygen atoms in total. The van der Waals surface area contributed by atoms with Crippen molar-refractivity contribution in [2.24, 2.45) is 5.92 Å². The van der Waals surface area contributed by atoms with Gasteiger partial charge in [0.15, 0.2) is 11.9 Å². The first-order chi connectivity index (χ1) is 17.0. The number of aromatic nitrogens is 1. The van der Waals surface area contributed by atoms with Gasteiger partial charge in [-0.15, -0.1) is 0 Å². The molecule has 5 heteroatoms. The zero-order chi connectivity index (χ0) is 24.3. The summed E-state index contributed by atoms with van der Waals surface area (Å²) in [7, 11) is 0. The van der Waals surface area contributed by atoms with Gasteiger partial charge in [0.1, 0.15) is 13.1 Å². The van der Waals surface area contributed by atoms with E-state index in [4.69, 9.17) is 4.74 Å². The van der Waals surface area contributed by atoms with Gasteiger partial charge in [0, 0.05) is 30.7 Å². The number of rotatable bonds is 7. The first-order valence-corrected chi connectivity index (χ1v) is 13.5. The summed E-state index contributed by atoms with van der Waals surface area (Å²) in [4.78, 5) is 31.4. The van der Waals surface area contributed by atoms with Crippen LogP contribution in [0.2, 0.25) is 0 Å². The molecule has 4 fully saturated rings. The number of Topliss-reactive ketones (excluding diaryl/α,β-unsaturated/α-hetero) is 1. The lowest BCUT2D eigenvalue weighted by Gasteiger charge is -2.52. The number of esters is 1. The molecule has 1 atom stereocenters. The van der Waals surface area contributed by atoms with Crippen molar-refractivity contribution in [1.29, 1.82) is 0 Å². The molecule has 2 aromatic rings. The van der Waals surface area contributed by atoms with E-state index in [2.05, 4.69) is 17.1 Å². The highest BCUT2D eigenvalue weighted by atomic mass is 16.5. The van der Waals surface area contributed by atoms with Crippen molar-refractivity contribution in [2.45, 2.75) is 76.2 Å². The Morgan fingerprint density at radius 3 is 2.43 bits per heavy atom. The van der Waals surface area contributed by atoms with Crippen LogP contribution in [0.4, 0.5) is 0 Å². The number of fused-ring (bicyclic) bond motifs is 3. The van der Waals surface area contributed by atoms with Crippen LogP contribution in [0, 0.1) is 12.8 Å². The highest BCUT2D eigenvalue weighted by Crippen LogP contribution is 2.42. The van der Waals surface area contributed by atoms with E-state index < -0.39 is 5.41 Å². The highest BCUT2D eigenvalue weighted by molar-refractivity contribution is 5.83. The summed E-state index contributed by atoms with van der Waals surface area (Å²) in [5.41, 5.74) is 2.56. The zero-order valence-electron chi connectivity index (χ0n) is 21.1. The number of carbonyl (C=O) groups is 2. The molecule has 4 aliphatic rings. The van der Waals surface area contributed by atoms with Crippen LogP contribution in [0.25, 0.3) is 0 Å². The fourth-order valence-electron chi connectivity index (χ4n) is 6.85. The van der Waals surface area contributed by atoms with Crippen molar-refractivity contribution in [2.75, 3.05) is 26.2 Å². The van der Waals surface area contributed by atoms with Crippen molar-refractivity contribution in [3.05, 3.63) is 65.5 Å². The van der Waals surface area contributed by atoms with Crippen LogP contribution in [-0.2, 0) is 26.2 Å². The van der Waals surface area contributed by atoms with Crippen molar-refractivity contribution in [3.63, 3.8) is 0 Å². The molecular formula is C30H39N2O3+. The molecule has 1 aromatic carbocycles. The molecule has 1 aliphatic carbocycles. The number of piperidine rings is 3. The third-order valence-electron chi connectivity index (χ3n) is 8.84. The number of nitrogens with zero attached hydrogens (tertiary/aromatic N) is 2. The van der Waals surface area contributed by atoms with E-state index in [0.717, 1.165) is 79.5 Å². The smallest absolute Gasteiger partial charge is 0.317 e. The first kappa shape index (κ1) is 24.2. The van der Waals surface area contributed by atoms with Gasteiger partial charge in [-0.25, -0.2) is 0 Å². The maximum Gasteiger partial charge on any atom is 0.317 e. The minimum Gasteiger partial charge on any atom is -0.455 e. The Balaban J connectivity index is 1.29. The number of hydrogen-bond donors (Lipinski definition) is 0. The second kappa shape index (κ2) is 10.2. The largest absolute Gasteiger partial charge is 0.455 e. The SMILES string of the molecule is Cc1ccnc(CC(=O)C[N+]23CCC(CC2)[C@@H](OC(=O)C2(c4ccccc4)CCCCCC2)C3)c1. The van der Waals surface area contributed by atoms with Crippen LogP contribution in [-0.4, -0.2) is 53.5 Å². The molecule has 1 saturated carbocycles. The summed E-state index contributed by atoms with van der Waals surface area (Å²) in [6.07, 6.45) is 10.4. The number of ketones is 1. The maximum atomic E-state index is 13.9. The molecule has 6 rings (SSSR count). The number of ether oxygens (including phenoxy) is 1. The third-order valence-corrected chi connectivity index (χ3v) is 8.84. The van der Waals surface area contributed by atoms with E-state index in [1.807, 2.05) is 37.3 Å². The Labute approximate surface area is 209 Å². The monoisotopic (exact) mass is 475 g/mol. The topological polar surface area (TPSA) is 56.3 Å². The van der Waals surface area contributed by atoms with Crippen molar-refractivity contribution < 1.29 is 18.8 Å².